The van der Waals surface area contributed by atoms with Gasteiger partial charge in [0.15, 0.2) is 0 Å². The van der Waals surface area contributed by atoms with Crippen molar-refractivity contribution in [1.29, 1.82) is 0 Å². The van der Waals surface area contributed by atoms with Crippen LogP contribution in [0.3, 0.4) is 0 Å². The summed E-state index contributed by atoms with van der Waals surface area (Å²) in [6, 6.07) is 7.74. The minimum Gasteiger partial charge on any atom is -0.444 e. The fraction of sp³-hybridized carbons (Fsp3) is 0.652. The summed E-state index contributed by atoms with van der Waals surface area (Å²) in [4.78, 5) is 28.5. The highest BCUT2D eigenvalue weighted by Gasteiger charge is 2.31. The molecule has 0 radical (unpaired) electrons. The van der Waals surface area contributed by atoms with Crippen molar-refractivity contribution >= 4 is 12.0 Å². The zero-order valence-corrected chi connectivity index (χ0v) is 18.5. The van der Waals surface area contributed by atoms with Gasteiger partial charge in [-0.15, -0.1) is 0 Å². The molecule has 1 heterocycles. The zero-order chi connectivity index (χ0) is 21.6. The molecule has 6 heteroatoms. The molecule has 6 nitrogen and oxygen atoms in total. The first kappa shape index (κ1) is 23.2. The van der Waals surface area contributed by atoms with E-state index in [-0.39, 0.29) is 30.4 Å². The second-order valence-electron chi connectivity index (χ2n) is 8.69. The van der Waals surface area contributed by atoms with Crippen molar-refractivity contribution in [2.24, 2.45) is 5.92 Å². The summed E-state index contributed by atoms with van der Waals surface area (Å²) in [6.07, 6.45) is 1.18. The summed E-state index contributed by atoms with van der Waals surface area (Å²) < 4.78 is 5.51. The molecule has 0 bridgehead atoms. The van der Waals surface area contributed by atoms with Crippen molar-refractivity contribution in [3.63, 3.8) is 0 Å². The highest BCUT2D eigenvalue weighted by atomic mass is 16.6. The Balaban J connectivity index is 2.12. The third-order valence-electron chi connectivity index (χ3n) is 5.57. The number of nitrogens with zero attached hydrogens (tertiary/aromatic N) is 2. The molecule has 1 aliphatic heterocycles. The van der Waals surface area contributed by atoms with E-state index in [0.717, 1.165) is 18.4 Å². The molecule has 1 N–H and O–H groups in total. The number of carbonyl (C=O) groups is 2. The second-order valence-corrected chi connectivity index (χ2v) is 8.69. The number of aliphatic hydroxyl groups excluding tert-OH is 1. The highest BCUT2D eigenvalue weighted by molar-refractivity contribution is 5.94. The average molecular weight is 405 g/mol. The van der Waals surface area contributed by atoms with Crippen molar-refractivity contribution < 1.29 is 19.4 Å². The lowest BCUT2D eigenvalue weighted by atomic mass is 9.82. The summed E-state index contributed by atoms with van der Waals surface area (Å²) in [5.74, 6) is 0.258. The first-order valence-electron chi connectivity index (χ1n) is 10.7. The first-order chi connectivity index (χ1) is 13.7. The Morgan fingerprint density at radius 1 is 1.10 bits per heavy atom. The van der Waals surface area contributed by atoms with E-state index in [2.05, 4.69) is 0 Å². The second kappa shape index (κ2) is 10.1. The quantitative estimate of drug-likeness (QED) is 0.808. The molecule has 0 aliphatic carbocycles. The van der Waals surface area contributed by atoms with E-state index in [1.165, 1.54) is 0 Å². The van der Waals surface area contributed by atoms with Gasteiger partial charge in [-0.05, 0) is 77.0 Å². The van der Waals surface area contributed by atoms with E-state index in [9.17, 15) is 14.7 Å². The Hall–Kier alpha value is -2.08. The van der Waals surface area contributed by atoms with Crippen LogP contribution in [0.2, 0.25) is 0 Å². The van der Waals surface area contributed by atoms with Crippen molar-refractivity contribution in [3.05, 3.63) is 35.4 Å². The third-order valence-corrected chi connectivity index (χ3v) is 5.57. The molecule has 1 fully saturated rings. The molecule has 1 aliphatic rings. The largest absolute Gasteiger partial charge is 0.444 e. The Labute approximate surface area is 174 Å². The minimum absolute atomic E-state index is 0.0391. The van der Waals surface area contributed by atoms with Gasteiger partial charge in [-0.25, -0.2) is 4.79 Å². The highest BCUT2D eigenvalue weighted by Crippen LogP contribution is 2.34. The summed E-state index contributed by atoms with van der Waals surface area (Å²) in [7, 11) is 0. The Bertz CT molecular complexity index is 677. The van der Waals surface area contributed by atoms with Gasteiger partial charge in [0.25, 0.3) is 5.91 Å². The molecule has 0 unspecified atom stereocenters. The van der Waals surface area contributed by atoms with Crippen molar-refractivity contribution in [2.45, 2.75) is 59.0 Å². The summed E-state index contributed by atoms with van der Waals surface area (Å²) >= 11 is 0. The van der Waals surface area contributed by atoms with Crippen molar-refractivity contribution in [3.8, 4) is 0 Å². The molecule has 2 amide bonds. The van der Waals surface area contributed by atoms with E-state index in [4.69, 9.17) is 4.74 Å². The molecule has 0 saturated carbocycles. The SMILES string of the molecule is CCN(CC)C(=O)c1ccc([C@H]2CCN(C(=O)OC(C)(C)C)CC[C@@H]2CO)cc1. The van der Waals surface area contributed by atoms with Crippen LogP contribution in [0.1, 0.15) is 69.3 Å². The number of hydrogen-bond acceptors (Lipinski definition) is 4. The fourth-order valence-corrected chi connectivity index (χ4v) is 3.90. The number of aliphatic hydroxyl groups is 1. The lowest BCUT2D eigenvalue weighted by Crippen LogP contribution is -2.37. The van der Waals surface area contributed by atoms with Crippen molar-refractivity contribution in [1.82, 2.24) is 9.80 Å². The van der Waals surface area contributed by atoms with E-state index >= 15 is 0 Å². The van der Waals surface area contributed by atoms with Crippen LogP contribution in [0.25, 0.3) is 0 Å². The Morgan fingerprint density at radius 3 is 2.21 bits per heavy atom. The lowest BCUT2D eigenvalue weighted by Gasteiger charge is -2.26. The van der Waals surface area contributed by atoms with E-state index in [1.807, 2.05) is 58.9 Å². The number of carbonyl (C=O) groups excluding carboxylic acids is 2. The van der Waals surface area contributed by atoms with Gasteiger partial charge in [-0.3, -0.25) is 4.79 Å². The average Bonchev–Trinajstić information content (AvgIpc) is 2.90. The topological polar surface area (TPSA) is 70.1 Å². The number of hydrogen-bond donors (Lipinski definition) is 1. The van der Waals surface area contributed by atoms with Gasteiger partial charge in [0, 0.05) is 38.3 Å². The predicted octanol–water partition coefficient (Wildman–Crippen LogP) is 3.89. The van der Waals surface area contributed by atoms with E-state index in [1.54, 1.807) is 9.80 Å². The monoisotopic (exact) mass is 404 g/mol. The molecule has 1 aromatic carbocycles. The van der Waals surface area contributed by atoms with E-state index in [0.29, 0.717) is 31.7 Å². The van der Waals surface area contributed by atoms with Crippen LogP contribution in [-0.2, 0) is 4.74 Å². The first-order valence-corrected chi connectivity index (χ1v) is 10.7. The minimum atomic E-state index is -0.521. The summed E-state index contributed by atoms with van der Waals surface area (Å²) in [6.45, 7) is 12.2. The number of rotatable bonds is 5. The number of ether oxygens (including phenoxy) is 1. The lowest BCUT2D eigenvalue weighted by molar-refractivity contribution is 0.0253. The zero-order valence-electron chi connectivity index (χ0n) is 18.5. The smallest absolute Gasteiger partial charge is 0.410 e. The molecule has 2 atom stereocenters. The summed E-state index contributed by atoms with van der Waals surface area (Å²) in [5.41, 5.74) is 1.26. The standard InChI is InChI=1S/C23H36N2O4/c1-6-24(7-2)21(27)18-10-8-17(9-11-18)20-13-15-25(14-12-19(20)16-26)22(28)29-23(3,4)5/h8-11,19-20,26H,6-7,12-16H2,1-5H3/t19-,20-/m1/s1. The number of likely N-dealkylation sites (tertiary alicyclic amines) is 1. The molecular weight excluding hydrogens is 368 g/mol. The number of benzene rings is 1. The summed E-state index contributed by atoms with van der Waals surface area (Å²) in [5, 5.41) is 9.94. The Morgan fingerprint density at radius 2 is 1.69 bits per heavy atom. The molecule has 1 aromatic rings. The van der Waals surface area contributed by atoms with Crippen LogP contribution in [0.15, 0.2) is 24.3 Å². The molecule has 0 spiro atoms. The molecular formula is C23H36N2O4. The molecule has 29 heavy (non-hydrogen) atoms. The maximum absolute atomic E-state index is 12.5. The molecule has 0 aromatic heterocycles. The molecule has 1 saturated heterocycles. The maximum atomic E-state index is 12.5. The van der Waals surface area contributed by atoms with Gasteiger partial charge in [-0.1, -0.05) is 12.1 Å². The van der Waals surface area contributed by atoms with Gasteiger partial charge < -0.3 is 19.6 Å². The van der Waals surface area contributed by atoms with Crippen molar-refractivity contribution in [2.75, 3.05) is 32.8 Å². The fourth-order valence-electron chi connectivity index (χ4n) is 3.90. The molecule has 162 valence electrons. The van der Waals surface area contributed by atoms with Crippen LogP contribution in [0.4, 0.5) is 4.79 Å². The van der Waals surface area contributed by atoms with Gasteiger partial charge >= 0.3 is 6.09 Å². The molecule has 2 rings (SSSR count). The predicted molar refractivity (Wildman–Crippen MR) is 114 cm³/mol. The van der Waals surface area contributed by atoms with Crippen LogP contribution in [0, 0.1) is 5.92 Å². The van der Waals surface area contributed by atoms with Crippen LogP contribution >= 0.6 is 0 Å². The van der Waals surface area contributed by atoms with Crippen LogP contribution in [-0.4, -0.2) is 65.3 Å². The van der Waals surface area contributed by atoms with Crippen LogP contribution < -0.4 is 0 Å². The maximum Gasteiger partial charge on any atom is 0.410 e. The number of amides is 2. The van der Waals surface area contributed by atoms with Crippen LogP contribution in [0.5, 0.6) is 0 Å². The normalized spacial score (nSPS) is 20.1. The van der Waals surface area contributed by atoms with Gasteiger partial charge in [-0.2, -0.15) is 0 Å². The van der Waals surface area contributed by atoms with E-state index < -0.39 is 5.60 Å². The van der Waals surface area contributed by atoms with Gasteiger partial charge in [0.05, 0.1) is 0 Å². The Kier molecular flexibility index (Phi) is 8.08. The van der Waals surface area contributed by atoms with Gasteiger partial charge in [0.2, 0.25) is 0 Å². The third kappa shape index (κ3) is 6.20. The van der Waals surface area contributed by atoms with Gasteiger partial charge in [0.1, 0.15) is 5.60 Å².